The van der Waals surface area contributed by atoms with Crippen molar-refractivity contribution >= 4 is 49.9 Å². The van der Waals surface area contributed by atoms with E-state index in [0.29, 0.717) is 11.1 Å². The Hall–Kier alpha value is -4.10. The number of hydrogen-bond acceptors (Lipinski definition) is 8. The van der Waals surface area contributed by atoms with Gasteiger partial charge in [-0.3, -0.25) is 9.56 Å². The molecule has 0 aliphatic heterocycles. The highest BCUT2D eigenvalue weighted by atomic mass is 32.2. The Morgan fingerprint density at radius 1 is 0.667 bits per heavy atom. The van der Waals surface area contributed by atoms with Crippen LogP contribution in [0.25, 0.3) is 11.4 Å². The third kappa shape index (κ3) is 6.36. The molecule has 0 radical (unpaired) electrons. The first-order chi connectivity index (χ1) is 20.2. The van der Waals surface area contributed by atoms with Crippen LogP contribution in [0.15, 0.2) is 136 Å². The van der Waals surface area contributed by atoms with E-state index >= 15 is 0 Å². The Kier molecular flexibility index (Phi) is 8.69. The van der Waals surface area contributed by atoms with Crippen LogP contribution in [0.4, 0.5) is 0 Å². The van der Waals surface area contributed by atoms with Crippen LogP contribution < -0.4 is 0 Å². The van der Waals surface area contributed by atoms with Gasteiger partial charge in [-0.05, 0) is 48.7 Å². The summed E-state index contributed by atoms with van der Waals surface area (Å²) in [6.45, 7) is 0. The van der Waals surface area contributed by atoms with Crippen molar-refractivity contribution in [2.45, 2.75) is 15.7 Å². The van der Waals surface area contributed by atoms with Crippen molar-refractivity contribution < 1.29 is 16.8 Å². The first-order valence-electron chi connectivity index (χ1n) is 12.6. The van der Waals surface area contributed by atoms with Crippen LogP contribution in [0.3, 0.4) is 0 Å². The Morgan fingerprint density at radius 3 is 1.69 bits per heavy atom. The maximum Gasteiger partial charge on any atom is 0.209 e. The van der Waals surface area contributed by atoms with Gasteiger partial charge in [-0.2, -0.15) is 0 Å². The third-order valence-corrected chi connectivity index (χ3v) is 9.96. The smallest absolute Gasteiger partial charge is 0.209 e. The van der Waals surface area contributed by atoms with Gasteiger partial charge in [-0.1, -0.05) is 97.1 Å². The highest BCUT2D eigenvalue weighted by molar-refractivity contribution is 7.91. The van der Waals surface area contributed by atoms with Crippen molar-refractivity contribution in [3.8, 4) is 11.4 Å². The lowest BCUT2D eigenvalue weighted by atomic mass is 10.2. The van der Waals surface area contributed by atoms with Gasteiger partial charge >= 0.3 is 0 Å². The topological polar surface area (TPSA) is 103 Å². The van der Waals surface area contributed by atoms with Crippen molar-refractivity contribution in [2.75, 3.05) is 5.88 Å². The van der Waals surface area contributed by atoms with Crippen molar-refractivity contribution in [3.05, 3.63) is 136 Å². The summed E-state index contributed by atoms with van der Waals surface area (Å²) in [5.74, 6) is -0.748. The molecule has 0 amide bonds. The van der Waals surface area contributed by atoms with Gasteiger partial charge in [0.15, 0.2) is 24.4 Å². The van der Waals surface area contributed by atoms with Gasteiger partial charge in [-0.15, -0.1) is 0 Å². The van der Waals surface area contributed by atoms with Crippen LogP contribution in [-0.4, -0.2) is 42.7 Å². The first-order valence-corrected chi connectivity index (χ1v) is 16.7. The zero-order valence-electron chi connectivity index (χ0n) is 22.0. The fraction of sp³-hybridized carbons (Fsp3) is 0.0667. The first kappa shape index (κ1) is 29.4. The molecule has 0 aliphatic carbocycles. The van der Waals surface area contributed by atoms with Gasteiger partial charge in [0.2, 0.25) is 4.77 Å². The van der Waals surface area contributed by atoms with E-state index in [4.69, 9.17) is 24.4 Å². The molecule has 1 aromatic heterocycles. The molecule has 1 heterocycles. The predicted molar refractivity (Wildman–Crippen MR) is 168 cm³/mol. The molecule has 0 saturated heterocycles. The third-order valence-electron chi connectivity index (χ3n) is 6.23. The Morgan fingerprint density at radius 2 is 1.14 bits per heavy atom. The predicted octanol–water partition coefficient (Wildman–Crippen LogP) is 5.97. The highest BCUT2D eigenvalue weighted by Gasteiger charge is 2.22. The molecule has 0 saturated carbocycles. The molecule has 4 aromatic carbocycles. The van der Waals surface area contributed by atoms with Crippen molar-refractivity contribution in [1.29, 1.82) is 0 Å². The fourth-order valence-electron chi connectivity index (χ4n) is 4.20. The number of nitrogens with zero attached hydrogens (tertiary/aromatic N) is 4. The van der Waals surface area contributed by atoms with Gasteiger partial charge in [0.1, 0.15) is 23.4 Å². The van der Waals surface area contributed by atoms with E-state index in [1.54, 1.807) is 91.0 Å². The minimum absolute atomic E-state index is 0.00642. The molecule has 0 unspecified atom stereocenters. The van der Waals surface area contributed by atoms with Gasteiger partial charge in [0.25, 0.3) is 0 Å². The molecule has 212 valence electrons. The number of aliphatic imine (C=N–C) groups is 1. The fourth-order valence-corrected chi connectivity index (χ4v) is 7.24. The molecule has 0 N–H and O–H groups in total. The quantitative estimate of drug-likeness (QED) is 0.118. The summed E-state index contributed by atoms with van der Waals surface area (Å²) in [5.41, 5.74) is 1.13. The maximum atomic E-state index is 13.5. The van der Waals surface area contributed by atoms with Crippen LogP contribution in [0, 0.1) is 9.54 Å². The minimum atomic E-state index is -3.88. The Balaban J connectivity index is 1.74. The zero-order chi connectivity index (χ0) is 29.7. The van der Waals surface area contributed by atoms with E-state index < -0.39 is 31.4 Å². The molecule has 8 nitrogen and oxygen atoms in total. The van der Waals surface area contributed by atoms with E-state index in [2.05, 4.69) is 9.98 Å². The van der Waals surface area contributed by atoms with E-state index in [-0.39, 0.29) is 31.0 Å². The lowest BCUT2D eigenvalue weighted by Crippen LogP contribution is -2.25. The summed E-state index contributed by atoms with van der Waals surface area (Å²) >= 11 is 11.6. The molecule has 0 spiro atoms. The average molecular weight is 633 g/mol. The normalized spacial score (nSPS) is 12.2. The molecule has 0 aliphatic rings. The number of sulfone groups is 2. The molecule has 0 atom stereocenters. The van der Waals surface area contributed by atoms with Crippen molar-refractivity contribution in [1.82, 2.24) is 14.1 Å². The highest BCUT2D eigenvalue weighted by Crippen LogP contribution is 2.22. The van der Waals surface area contributed by atoms with Gasteiger partial charge in [0, 0.05) is 11.1 Å². The summed E-state index contributed by atoms with van der Waals surface area (Å²) < 4.78 is 56.1. The number of rotatable bonds is 8. The SMILES string of the molecule is O=S(=O)(C/N=C(\c1ccccc1)n1c(=S)nc(-c2ccccc2)n(CS(=O)(=O)c2ccccc2)c1=S)c1ccccc1. The molecule has 5 aromatic rings. The maximum absolute atomic E-state index is 13.5. The summed E-state index contributed by atoms with van der Waals surface area (Å²) in [7, 11) is -7.70. The van der Waals surface area contributed by atoms with Gasteiger partial charge in [0.05, 0.1) is 9.79 Å². The van der Waals surface area contributed by atoms with E-state index in [1.165, 1.54) is 33.4 Å². The monoisotopic (exact) mass is 632 g/mol. The van der Waals surface area contributed by atoms with E-state index in [9.17, 15) is 16.8 Å². The lowest BCUT2D eigenvalue weighted by Gasteiger charge is -2.19. The van der Waals surface area contributed by atoms with Crippen LogP contribution in [-0.2, 0) is 25.6 Å². The standard InChI is InChI=1S/C30H24N4O4S4/c35-41(36,25-17-9-3-10-18-25)21-31-27(23-13-5-1-6-14-23)34-29(39)32-28(24-15-7-2-8-16-24)33(30(34)40)22-42(37,38)26-19-11-4-12-20-26/h1-20H,21-22H2/b31-27+. The average Bonchev–Trinajstić information content (AvgIpc) is 3.01. The molecule has 5 rings (SSSR count). The second-order valence-corrected chi connectivity index (χ2v) is 13.7. The minimum Gasteiger partial charge on any atom is -0.287 e. The largest absolute Gasteiger partial charge is 0.287 e. The van der Waals surface area contributed by atoms with Crippen molar-refractivity contribution in [3.63, 3.8) is 0 Å². The summed E-state index contributed by atoms with van der Waals surface area (Å²) in [4.78, 5) is 9.33. The van der Waals surface area contributed by atoms with Crippen LogP contribution in [0.2, 0.25) is 0 Å². The molecular weight excluding hydrogens is 609 g/mol. The van der Waals surface area contributed by atoms with Crippen LogP contribution in [0.5, 0.6) is 0 Å². The molecule has 12 heteroatoms. The lowest BCUT2D eigenvalue weighted by molar-refractivity contribution is 0.579. The molecule has 0 bridgehead atoms. The Labute approximate surface area is 254 Å². The molecular formula is C30H24N4O4S4. The summed E-state index contributed by atoms with van der Waals surface area (Å²) in [6.07, 6.45) is 0. The second-order valence-electron chi connectivity index (χ2n) is 9.09. The number of hydrogen-bond donors (Lipinski definition) is 0. The number of benzene rings is 4. The second kappa shape index (κ2) is 12.4. The van der Waals surface area contributed by atoms with Crippen LogP contribution >= 0.6 is 24.4 Å². The van der Waals surface area contributed by atoms with Crippen molar-refractivity contribution in [2.24, 2.45) is 4.99 Å². The number of aromatic nitrogens is 3. The van der Waals surface area contributed by atoms with Crippen LogP contribution in [0.1, 0.15) is 5.56 Å². The summed E-state index contributed by atoms with van der Waals surface area (Å²) in [5, 5.41) is 0. The molecule has 0 fully saturated rings. The molecule has 42 heavy (non-hydrogen) atoms. The van der Waals surface area contributed by atoms with E-state index in [0.717, 1.165) is 0 Å². The zero-order valence-corrected chi connectivity index (χ0v) is 25.3. The van der Waals surface area contributed by atoms with Gasteiger partial charge < -0.3 is 0 Å². The van der Waals surface area contributed by atoms with E-state index in [1.807, 2.05) is 6.07 Å². The summed E-state index contributed by atoms with van der Waals surface area (Å²) in [6, 6.07) is 33.8. The van der Waals surface area contributed by atoms with Gasteiger partial charge in [-0.25, -0.2) is 26.4 Å². The Bertz CT molecular complexity index is 2080.